The molecule has 0 radical (unpaired) electrons. The molecule has 1 rings (SSSR count). The summed E-state index contributed by atoms with van der Waals surface area (Å²) in [5.74, 6) is 0. The average Bonchev–Trinajstić information content (AvgIpc) is 1.82. The minimum atomic E-state index is -4.24. The molecule has 0 aliphatic heterocycles. The Morgan fingerprint density at radius 2 is 1.33 bits per heavy atom. The number of halogens is 5. The second kappa shape index (κ2) is 3.69. The van der Waals surface area contributed by atoms with Gasteiger partial charge in [-0.2, -0.15) is 13.2 Å². The van der Waals surface area contributed by atoms with Crippen molar-refractivity contribution in [3.63, 3.8) is 0 Å². The normalized spacial score (nSPS) is 11.8. The summed E-state index contributed by atoms with van der Waals surface area (Å²) in [7, 11) is 0. The smallest absolute Gasteiger partial charge is 0.166 e. The highest BCUT2D eigenvalue weighted by atomic mass is 127. The molecule has 0 saturated carbocycles. The van der Waals surface area contributed by atoms with Crippen LogP contribution in [-0.2, 0) is 6.18 Å². The van der Waals surface area contributed by atoms with Gasteiger partial charge >= 0.3 is 6.18 Å². The third-order valence-corrected chi connectivity index (χ3v) is 2.44. The first-order valence-electron chi connectivity index (χ1n) is 2.93. The standard InChI is InChI=1S/C7H3F3I2/c8-7(9,10)4-1-5(11)3-6(12)2-4/h1-3H. The summed E-state index contributed by atoms with van der Waals surface area (Å²) in [6.45, 7) is 0. The molecule has 1 aromatic carbocycles. The van der Waals surface area contributed by atoms with Crippen molar-refractivity contribution in [2.75, 3.05) is 0 Å². The van der Waals surface area contributed by atoms with E-state index in [0.29, 0.717) is 7.14 Å². The van der Waals surface area contributed by atoms with Crippen LogP contribution in [0.2, 0.25) is 0 Å². The molecule has 0 spiro atoms. The van der Waals surface area contributed by atoms with Gasteiger partial charge in [-0.25, -0.2) is 0 Å². The maximum Gasteiger partial charge on any atom is 0.416 e. The van der Waals surface area contributed by atoms with Gasteiger partial charge in [-0.15, -0.1) is 0 Å². The van der Waals surface area contributed by atoms with E-state index < -0.39 is 11.7 Å². The third-order valence-electron chi connectivity index (χ3n) is 1.19. The first-order chi connectivity index (χ1) is 5.39. The molecule has 66 valence electrons. The summed E-state index contributed by atoms with van der Waals surface area (Å²) in [5.41, 5.74) is -0.584. The SMILES string of the molecule is FC(F)(F)c1cc(I)cc(I)c1. The monoisotopic (exact) mass is 398 g/mol. The molecule has 1 aromatic rings. The number of alkyl halides is 3. The Kier molecular flexibility index (Phi) is 3.24. The van der Waals surface area contributed by atoms with Gasteiger partial charge in [0.25, 0.3) is 0 Å². The van der Waals surface area contributed by atoms with Crippen LogP contribution in [0.1, 0.15) is 5.56 Å². The van der Waals surface area contributed by atoms with Crippen molar-refractivity contribution >= 4 is 45.2 Å². The van der Waals surface area contributed by atoms with E-state index in [4.69, 9.17) is 0 Å². The second-order valence-electron chi connectivity index (χ2n) is 2.16. The molecule has 0 nitrogen and oxygen atoms in total. The molecule has 0 aliphatic rings. The Hall–Kier alpha value is 0.470. The van der Waals surface area contributed by atoms with E-state index in [1.165, 1.54) is 0 Å². The van der Waals surface area contributed by atoms with Gasteiger partial charge in [0.1, 0.15) is 0 Å². The summed E-state index contributed by atoms with van der Waals surface area (Å²) in [6, 6.07) is 3.95. The van der Waals surface area contributed by atoms with E-state index in [1.54, 1.807) is 6.07 Å². The van der Waals surface area contributed by atoms with Crippen LogP contribution in [0.5, 0.6) is 0 Å². The van der Waals surface area contributed by atoms with Crippen molar-refractivity contribution in [3.8, 4) is 0 Å². The largest absolute Gasteiger partial charge is 0.416 e. The van der Waals surface area contributed by atoms with E-state index in [0.717, 1.165) is 12.1 Å². The van der Waals surface area contributed by atoms with Gasteiger partial charge in [-0.3, -0.25) is 0 Å². The maximum atomic E-state index is 12.1. The molecular formula is C7H3F3I2. The fourth-order valence-corrected chi connectivity index (χ4v) is 2.66. The van der Waals surface area contributed by atoms with Crippen LogP contribution in [0.4, 0.5) is 13.2 Å². The van der Waals surface area contributed by atoms with E-state index >= 15 is 0 Å². The number of rotatable bonds is 0. The van der Waals surface area contributed by atoms with Crippen LogP contribution in [0.25, 0.3) is 0 Å². The number of benzene rings is 1. The summed E-state index contributed by atoms with van der Waals surface area (Å²) in [5, 5.41) is 0. The van der Waals surface area contributed by atoms with Crippen LogP contribution in [-0.4, -0.2) is 0 Å². The molecule has 0 fully saturated rings. The molecule has 0 saturated heterocycles. The first kappa shape index (κ1) is 10.6. The minimum absolute atomic E-state index is 0.584. The number of hydrogen-bond acceptors (Lipinski definition) is 0. The van der Waals surface area contributed by atoms with Crippen LogP contribution in [0.3, 0.4) is 0 Å². The van der Waals surface area contributed by atoms with Crippen LogP contribution in [0, 0.1) is 7.14 Å². The Morgan fingerprint density at radius 3 is 1.67 bits per heavy atom. The molecule has 0 bridgehead atoms. The van der Waals surface area contributed by atoms with Crippen molar-refractivity contribution in [2.24, 2.45) is 0 Å². The van der Waals surface area contributed by atoms with Crippen molar-refractivity contribution in [1.29, 1.82) is 0 Å². The lowest BCUT2D eigenvalue weighted by atomic mass is 10.2. The van der Waals surface area contributed by atoms with Crippen molar-refractivity contribution in [3.05, 3.63) is 30.9 Å². The molecule has 12 heavy (non-hydrogen) atoms. The zero-order valence-electron chi connectivity index (χ0n) is 5.62. The molecule has 0 amide bonds. The highest BCUT2D eigenvalue weighted by Gasteiger charge is 2.30. The average molecular weight is 398 g/mol. The van der Waals surface area contributed by atoms with Crippen molar-refractivity contribution in [2.45, 2.75) is 6.18 Å². The Bertz CT molecular complexity index is 273. The molecule has 0 N–H and O–H groups in total. The zero-order chi connectivity index (χ0) is 9.35. The molecule has 0 aromatic heterocycles. The van der Waals surface area contributed by atoms with Crippen molar-refractivity contribution < 1.29 is 13.2 Å². The van der Waals surface area contributed by atoms with Gasteiger partial charge in [-0.1, -0.05) is 0 Å². The lowest BCUT2D eigenvalue weighted by Crippen LogP contribution is -2.05. The topological polar surface area (TPSA) is 0 Å². The van der Waals surface area contributed by atoms with Crippen LogP contribution in [0.15, 0.2) is 18.2 Å². The third kappa shape index (κ3) is 2.75. The Labute approximate surface area is 94.8 Å². The van der Waals surface area contributed by atoms with Gasteiger partial charge in [-0.05, 0) is 63.4 Å². The lowest BCUT2D eigenvalue weighted by molar-refractivity contribution is -0.137. The lowest BCUT2D eigenvalue weighted by Gasteiger charge is -2.06. The van der Waals surface area contributed by atoms with Crippen molar-refractivity contribution in [1.82, 2.24) is 0 Å². The summed E-state index contributed by atoms with van der Waals surface area (Å²) in [4.78, 5) is 0. The molecule has 0 aliphatic carbocycles. The molecule has 0 heterocycles. The first-order valence-corrected chi connectivity index (χ1v) is 5.08. The van der Waals surface area contributed by atoms with E-state index in [9.17, 15) is 13.2 Å². The Balaban J connectivity index is 3.18. The molecule has 0 atom stereocenters. The van der Waals surface area contributed by atoms with Gasteiger partial charge in [0.15, 0.2) is 0 Å². The van der Waals surface area contributed by atoms with Crippen LogP contribution >= 0.6 is 45.2 Å². The summed E-state index contributed by atoms with van der Waals surface area (Å²) in [6.07, 6.45) is -4.24. The predicted molar refractivity (Wildman–Crippen MR) is 56.9 cm³/mol. The molecule has 5 heteroatoms. The molecular weight excluding hydrogens is 395 g/mol. The fourth-order valence-electron chi connectivity index (χ4n) is 0.717. The molecule has 0 unspecified atom stereocenters. The Morgan fingerprint density at radius 1 is 0.917 bits per heavy atom. The van der Waals surface area contributed by atoms with Crippen LogP contribution < -0.4 is 0 Å². The van der Waals surface area contributed by atoms with Gasteiger partial charge in [0.2, 0.25) is 0 Å². The quantitative estimate of drug-likeness (QED) is 0.582. The van der Waals surface area contributed by atoms with E-state index in [-0.39, 0.29) is 0 Å². The fraction of sp³-hybridized carbons (Fsp3) is 0.143. The van der Waals surface area contributed by atoms with Gasteiger partial charge in [0.05, 0.1) is 5.56 Å². The van der Waals surface area contributed by atoms with E-state index in [1.807, 2.05) is 45.2 Å². The summed E-state index contributed by atoms with van der Waals surface area (Å²) >= 11 is 3.73. The highest BCUT2D eigenvalue weighted by Crippen LogP contribution is 2.31. The predicted octanol–water partition coefficient (Wildman–Crippen LogP) is 3.91. The highest BCUT2D eigenvalue weighted by molar-refractivity contribution is 14.1. The zero-order valence-corrected chi connectivity index (χ0v) is 9.94. The maximum absolute atomic E-state index is 12.1. The second-order valence-corrected chi connectivity index (χ2v) is 4.65. The summed E-state index contributed by atoms with van der Waals surface area (Å²) < 4.78 is 37.6. The van der Waals surface area contributed by atoms with Gasteiger partial charge < -0.3 is 0 Å². The number of hydrogen-bond donors (Lipinski definition) is 0. The van der Waals surface area contributed by atoms with Gasteiger partial charge in [0, 0.05) is 7.14 Å². The minimum Gasteiger partial charge on any atom is -0.166 e. The van der Waals surface area contributed by atoms with E-state index in [2.05, 4.69) is 0 Å².